The summed E-state index contributed by atoms with van der Waals surface area (Å²) in [5.74, 6) is 0.338. The van der Waals surface area contributed by atoms with Crippen LogP contribution >= 0.6 is 0 Å². The van der Waals surface area contributed by atoms with Crippen molar-refractivity contribution in [1.82, 2.24) is 10.2 Å². The summed E-state index contributed by atoms with van der Waals surface area (Å²) >= 11 is 0. The van der Waals surface area contributed by atoms with Gasteiger partial charge < -0.3 is 15.2 Å². The quantitative estimate of drug-likeness (QED) is 0.805. The Morgan fingerprint density at radius 1 is 1.32 bits per heavy atom. The number of aliphatic hydroxyl groups is 1. The van der Waals surface area contributed by atoms with E-state index in [1.54, 1.807) is 13.8 Å². The highest BCUT2D eigenvalue weighted by Gasteiger charge is 2.44. The number of amides is 3. The smallest absolute Gasteiger partial charge is 0.325 e. The number of aliphatic hydroxyl groups excluding tert-OH is 1. The first-order valence-electron chi connectivity index (χ1n) is 7.23. The van der Waals surface area contributed by atoms with Crippen molar-refractivity contribution >= 4 is 11.9 Å². The molecule has 2 N–H and O–H groups in total. The lowest BCUT2D eigenvalue weighted by atomic mass is 10.1. The number of benzene rings is 1. The van der Waals surface area contributed by atoms with E-state index in [4.69, 9.17) is 4.74 Å². The third-order valence-electron chi connectivity index (χ3n) is 3.60. The zero-order valence-electron chi connectivity index (χ0n) is 13.3. The Balaban J connectivity index is 1.92. The van der Waals surface area contributed by atoms with Gasteiger partial charge >= 0.3 is 6.03 Å². The Bertz CT molecular complexity index is 598. The Kier molecular flexibility index (Phi) is 4.42. The lowest BCUT2D eigenvalue weighted by molar-refractivity contribution is -0.131. The molecule has 6 heteroatoms. The summed E-state index contributed by atoms with van der Waals surface area (Å²) in [4.78, 5) is 24.8. The van der Waals surface area contributed by atoms with E-state index >= 15 is 0 Å². The summed E-state index contributed by atoms with van der Waals surface area (Å²) in [6.07, 6.45) is -0.940. The molecular weight excluding hydrogens is 284 g/mol. The number of β-amino-alcohol motifs (C(OH)–C–C–N with tert-alkyl or cyclic N) is 1. The van der Waals surface area contributed by atoms with Gasteiger partial charge in [-0.05, 0) is 39.3 Å². The lowest BCUT2D eigenvalue weighted by Gasteiger charge is -2.20. The number of aryl methyl sites for hydroxylation is 2. The Morgan fingerprint density at radius 3 is 2.55 bits per heavy atom. The third kappa shape index (κ3) is 3.39. The summed E-state index contributed by atoms with van der Waals surface area (Å²) in [5, 5.41) is 12.6. The van der Waals surface area contributed by atoms with Gasteiger partial charge in [0.15, 0.2) is 0 Å². The molecule has 1 atom stereocenters. The summed E-state index contributed by atoms with van der Waals surface area (Å²) in [6, 6.07) is 5.27. The maximum absolute atomic E-state index is 12.0. The zero-order chi connectivity index (χ0) is 16.5. The minimum Gasteiger partial charge on any atom is -0.491 e. The van der Waals surface area contributed by atoms with Crippen LogP contribution in [0.3, 0.4) is 0 Å². The molecule has 0 aliphatic carbocycles. The predicted molar refractivity (Wildman–Crippen MR) is 81.7 cm³/mol. The van der Waals surface area contributed by atoms with Crippen molar-refractivity contribution in [3.05, 3.63) is 29.3 Å². The molecule has 1 aromatic rings. The van der Waals surface area contributed by atoms with Crippen molar-refractivity contribution in [3.8, 4) is 5.75 Å². The molecule has 2 rings (SSSR count). The first kappa shape index (κ1) is 16.3. The van der Waals surface area contributed by atoms with Crippen LogP contribution in [-0.4, -0.2) is 46.7 Å². The average Bonchev–Trinajstić information content (AvgIpc) is 2.60. The number of hydrogen-bond acceptors (Lipinski definition) is 4. The van der Waals surface area contributed by atoms with Gasteiger partial charge in [0.1, 0.15) is 24.0 Å². The average molecular weight is 306 g/mol. The Morgan fingerprint density at radius 2 is 2.00 bits per heavy atom. The van der Waals surface area contributed by atoms with Crippen molar-refractivity contribution in [1.29, 1.82) is 0 Å². The van der Waals surface area contributed by atoms with Gasteiger partial charge in [0.2, 0.25) is 0 Å². The van der Waals surface area contributed by atoms with Crippen LogP contribution in [0.4, 0.5) is 4.79 Å². The number of ether oxygens (including phenoxy) is 1. The fourth-order valence-corrected chi connectivity index (χ4v) is 2.39. The molecular formula is C16H22N2O4. The number of carbonyl (C=O) groups excluding carboxylic acids is 2. The van der Waals surface area contributed by atoms with Gasteiger partial charge in [-0.25, -0.2) is 4.79 Å². The van der Waals surface area contributed by atoms with Crippen LogP contribution in [0, 0.1) is 13.8 Å². The van der Waals surface area contributed by atoms with Crippen molar-refractivity contribution in [2.75, 3.05) is 13.2 Å². The number of hydrogen-bond donors (Lipinski definition) is 2. The summed E-state index contributed by atoms with van der Waals surface area (Å²) in [6.45, 7) is 7.11. The molecule has 0 radical (unpaired) electrons. The lowest BCUT2D eigenvalue weighted by Crippen LogP contribution is -2.42. The van der Waals surface area contributed by atoms with Gasteiger partial charge in [-0.2, -0.15) is 0 Å². The molecule has 6 nitrogen and oxygen atoms in total. The number of urea groups is 1. The van der Waals surface area contributed by atoms with Gasteiger partial charge in [0, 0.05) is 0 Å². The second kappa shape index (κ2) is 5.96. The number of nitrogens with zero attached hydrogens (tertiary/aromatic N) is 1. The van der Waals surface area contributed by atoms with Crippen molar-refractivity contribution in [2.45, 2.75) is 39.3 Å². The molecule has 22 heavy (non-hydrogen) atoms. The molecule has 0 saturated carbocycles. The first-order chi connectivity index (χ1) is 10.2. The van der Waals surface area contributed by atoms with Crippen LogP contribution in [0.25, 0.3) is 0 Å². The monoisotopic (exact) mass is 306 g/mol. The maximum atomic E-state index is 12.0. The number of imide groups is 1. The van der Waals surface area contributed by atoms with E-state index in [0.717, 1.165) is 16.0 Å². The summed E-state index contributed by atoms with van der Waals surface area (Å²) < 4.78 is 5.57. The Labute approximate surface area is 130 Å². The molecule has 0 aromatic heterocycles. The van der Waals surface area contributed by atoms with Gasteiger partial charge in [-0.1, -0.05) is 17.7 Å². The second-order valence-corrected chi connectivity index (χ2v) is 6.20. The fourth-order valence-electron chi connectivity index (χ4n) is 2.39. The fraction of sp³-hybridized carbons (Fsp3) is 0.500. The van der Waals surface area contributed by atoms with E-state index in [1.165, 1.54) is 0 Å². The molecule has 120 valence electrons. The summed E-state index contributed by atoms with van der Waals surface area (Å²) in [5.41, 5.74) is 1.18. The van der Waals surface area contributed by atoms with E-state index in [1.807, 2.05) is 32.0 Å². The number of carbonyl (C=O) groups is 2. The highest BCUT2D eigenvalue weighted by Crippen LogP contribution is 2.20. The minimum atomic E-state index is -0.940. The minimum absolute atomic E-state index is 0.0153. The molecule has 1 fully saturated rings. The van der Waals surface area contributed by atoms with Crippen LogP contribution in [0.5, 0.6) is 5.75 Å². The van der Waals surface area contributed by atoms with Gasteiger partial charge in [0.05, 0.1) is 6.54 Å². The second-order valence-electron chi connectivity index (χ2n) is 6.20. The molecule has 1 heterocycles. The van der Waals surface area contributed by atoms with Gasteiger partial charge in [0.25, 0.3) is 5.91 Å². The third-order valence-corrected chi connectivity index (χ3v) is 3.60. The van der Waals surface area contributed by atoms with Crippen molar-refractivity contribution in [3.63, 3.8) is 0 Å². The largest absolute Gasteiger partial charge is 0.491 e. The molecule has 0 spiro atoms. The van der Waals surface area contributed by atoms with Crippen molar-refractivity contribution in [2.24, 2.45) is 0 Å². The molecule has 0 bridgehead atoms. The van der Waals surface area contributed by atoms with Crippen LogP contribution < -0.4 is 10.1 Å². The Hall–Kier alpha value is -2.08. The highest BCUT2D eigenvalue weighted by molar-refractivity contribution is 6.06. The van der Waals surface area contributed by atoms with E-state index in [-0.39, 0.29) is 19.1 Å². The molecule has 1 saturated heterocycles. The molecule has 1 aliphatic rings. The van der Waals surface area contributed by atoms with E-state index < -0.39 is 17.7 Å². The molecule has 1 aliphatic heterocycles. The highest BCUT2D eigenvalue weighted by atomic mass is 16.5. The predicted octanol–water partition coefficient (Wildman–Crippen LogP) is 1.37. The van der Waals surface area contributed by atoms with E-state index in [9.17, 15) is 14.7 Å². The topological polar surface area (TPSA) is 78.9 Å². The molecule has 3 amide bonds. The normalized spacial score (nSPS) is 18.3. The van der Waals surface area contributed by atoms with Crippen LogP contribution in [0.15, 0.2) is 18.2 Å². The molecule has 0 unspecified atom stereocenters. The van der Waals surface area contributed by atoms with E-state index in [2.05, 4.69) is 5.32 Å². The van der Waals surface area contributed by atoms with E-state index in [0.29, 0.717) is 5.75 Å². The molecule has 1 aromatic carbocycles. The zero-order valence-corrected chi connectivity index (χ0v) is 13.3. The van der Waals surface area contributed by atoms with Crippen LogP contribution in [0.2, 0.25) is 0 Å². The summed E-state index contributed by atoms with van der Waals surface area (Å²) in [7, 11) is 0. The maximum Gasteiger partial charge on any atom is 0.325 e. The van der Waals surface area contributed by atoms with Gasteiger partial charge in [-0.15, -0.1) is 0 Å². The first-order valence-corrected chi connectivity index (χ1v) is 7.23. The number of nitrogens with one attached hydrogen (secondary N) is 1. The number of rotatable bonds is 5. The van der Waals surface area contributed by atoms with Crippen LogP contribution in [-0.2, 0) is 4.79 Å². The van der Waals surface area contributed by atoms with Crippen molar-refractivity contribution < 1.29 is 19.4 Å². The van der Waals surface area contributed by atoms with Crippen LogP contribution in [0.1, 0.15) is 25.0 Å². The standard InChI is InChI=1S/C16H22N2O4/c1-10-5-6-13(11(2)7-10)22-9-12(19)8-18-14(20)16(3,4)17-15(18)21/h5-7,12,19H,8-9H2,1-4H3,(H,17,21)/t12-/m0/s1. The van der Waals surface area contributed by atoms with Gasteiger partial charge in [-0.3, -0.25) is 9.69 Å². The SMILES string of the molecule is Cc1ccc(OC[C@@H](O)CN2C(=O)NC(C)(C)C2=O)c(C)c1.